The van der Waals surface area contributed by atoms with Gasteiger partial charge in [0.25, 0.3) is 0 Å². The highest BCUT2D eigenvalue weighted by Crippen LogP contribution is 2.59. The van der Waals surface area contributed by atoms with E-state index in [0.717, 1.165) is 26.7 Å². The van der Waals surface area contributed by atoms with Gasteiger partial charge in [-0.05, 0) is 61.9 Å². The molecule has 2 aromatic carbocycles. The van der Waals surface area contributed by atoms with Gasteiger partial charge in [0.1, 0.15) is 5.41 Å². The maximum atomic E-state index is 13.7. The largest absolute Gasteiger partial charge is 0.334 e. The van der Waals surface area contributed by atoms with Crippen LogP contribution in [-0.4, -0.2) is 41.9 Å². The molecule has 3 amide bonds. The number of urea groups is 1. The molecule has 0 radical (unpaired) electrons. The lowest BCUT2D eigenvalue weighted by atomic mass is 9.70. The summed E-state index contributed by atoms with van der Waals surface area (Å²) < 4.78 is 8.22. The molecule has 3 aliphatic heterocycles. The molecule has 3 aliphatic rings. The number of anilines is 2. The molecule has 3 saturated heterocycles. The van der Waals surface area contributed by atoms with Crippen LogP contribution in [-0.2, 0) is 9.53 Å². The summed E-state index contributed by atoms with van der Waals surface area (Å²) in [6.45, 7) is 4.63. The predicted octanol–water partition coefficient (Wildman–Crippen LogP) is 4.97. The van der Waals surface area contributed by atoms with Crippen molar-refractivity contribution in [2.75, 3.05) is 23.0 Å². The van der Waals surface area contributed by atoms with Crippen molar-refractivity contribution in [3.05, 3.63) is 57.5 Å². The number of ether oxygens (including phenoxy) is 1. The maximum absolute atomic E-state index is 13.7. The van der Waals surface area contributed by atoms with Crippen LogP contribution in [0.1, 0.15) is 20.3 Å². The highest BCUT2D eigenvalue weighted by atomic mass is 79.9. The number of hydrogen-bond acceptors (Lipinski definition) is 3. The minimum Gasteiger partial charge on any atom is -0.334 e. The van der Waals surface area contributed by atoms with E-state index in [0.29, 0.717) is 6.61 Å². The zero-order valence-corrected chi connectivity index (χ0v) is 19.8. The number of nitrogens with zero attached hydrogens (tertiary/aromatic N) is 3. The maximum Gasteiger partial charge on any atom is 0.328 e. The van der Waals surface area contributed by atoms with Crippen LogP contribution in [0.3, 0.4) is 0 Å². The van der Waals surface area contributed by atoms with E-state index in [1.807, 2.05) is 62.4 Å². The number of rotatable bonds is 3. The Morgan fingerprint density at radius 3 is 2.13 bits per heavy atom. The number of β-lactam (4-membered cyclic amide) rings is 1. The van der Waals surface area contributed by atoms with Crippen LogP contribution in [0.4, 0.5) is 16.2 Å². The molecular formula is C22H21Br2N3O3. The monoisotopic (exact) mass is 533 g/mol. The van der Waals surface area contributed by atoms with E-state index in [1.165, 1.54) is 0 Å². The van der Waals surface area contributed by atoms with Gasteiger partial charge >= 0.3 is 6.03 Å². The van der Waals surface area contributed by atoms with Gasteiger partial charge < -0.3 is 4.74 Å². The van der Waals surface area contributed by atoms with Crippen molar-refractivity contribution >= 4 is 55.2 Å². The molecule has 2 unspecified atom stereocenters. The van der Waals surface area contributed by atoms with E-state index in [4.69, 9.17) is 4.74 Å². The number of benzene rings is 2. The van der Waals surface area contributed by atoms with Gasteiger partial charge in [0.05, 0.1) is 12.6 Å². The SMILES string of the molecule is CC[C@@H]1COC23N(c4ccc(Br)cc4)C(=O)C2(C)CN(c2ccc(Br)cc2)C(=O)N13. The molecule has 156 valence electrons. The molecule has 6 nitrogen and oxygen atoms in total. The quantitative estimate of drug-likeness (QED) is 0.522. The lowest BCUT2D eigenvalue weighted by Gasteiger charge is -2.67. The van der Waals surface area contributed by atoms with E-state index >= 15 is 0 Å². The highest BCUT2D eigenvalue weighted by Gasteiger charge is 2.80. The third-order valence-electron chi connectivity index (χ3n) is 6.47. The van der Waals surface area contributed by atoms with Gasteiger partial charge in [-0.25, -0.2) is 4.79 Å². The molecule has 8 heteroatoms. The summed E-state index contributed by atoms with van der Waals surface area (Å²) in [6, 6.07) is 14.9. The van der Waals surface area contributed by atoms with Crippen LogP contribution in [0.2, 0.25) is 0 Å². The zero-order valence-electron chi connectivity index (χ0n) is 16.6. The standard InChI is InChI=1S/C22H21Br2N3O3/c1-3-16-12-30-22-21(2,19(28)26(22)18-10-6-15(24)7-11-18)13-25(20(29)27(16)22)17-8-4-14(23)5-9-17/h4-11,16H,3,12-13H2,1-2H3/t16-,21?,22?/m1/s1. The number of hydrogen-bond donors (Lipinski definition) is 0. The fraction of sp³-hybridized carbons (Fsp3) is 0.364. The average Bonchev–Trinajstić information content (AvgIpc) is 3.15. The molecular weight excluding hydrogens is 514 g/mol. The normalized spacial score (nSPS) is 30.3. The van der Waals surface area contributed by atoms with Crippen molar-refractivity contribution < 1.29 is 14.3 Å². The Morgan fingerprint density at radius 1 is 1.00 bits per heavy atom. The molecule has 2 aromatic rings. The van der Waals surface area contributed by atoms with Crippen LogP contribution in [0.15, 0.2) is 57.5 Å². The molecule has 0 aromatic heterocycles. The van der Waals surface area contributed by atoms with Gasteiger partial charge in [0.2, 0.25) is 11.8 Å². The van der Waals surface area contributed by atoms with Crippen LogP contribution in [0.5, 0.6) is 0 Å². The summed E-state index contributed by atoms with van der Waals surface area (Å²) in [4.78, 5) is 32.4. The average molecular weight is 535 g/mol. The summed E-state index contributed by atoms with van der Waals surface area (Å²) in [5, 5.41) is 0. The second-order valence-corrected chi connectivity index (χ2v) is 9.98. The smallest absolute Gasteiger partial charge is 0.328 e. The fourth-order valence-electron chi connectivity index (χ4n) is 4.89. The van der Waals surface area contributed by atoms with Crippen molar-refractivity contribution in [3.8, 4) is 0 Å². The second kappa shape index (κ2) is 6.80. The van der Waals surface area contributed by atoms with Crippen molar-refractivity contribution in [1.82, 2.24) is 4.90 Å². The Bertz CT molecular complexity index is 1030. The first-order valence-corrected chi connectivity index (χ1v) is 11.5. The van der Waals surface area contributed by atoms with E-state index < -0.39 is 11.3 Å². The minimum absolute atomic E-state index is 0.0406. The first-order valence-electron chi connectivity index (χ1n) is 9.94. The predicted molar refractivity (Wildman–Crippen MR) is 121 cm³/mol. The summed E-state index contributed by atoms with van der Waals surface area (Å²) >= 11 is 6.89. The van der Waals surface area contributed by atoms with Gasteiger partial charge in [-0.15, -0.1) is 0 Å². The topological polar surface area (TPSA) is 53.1 Å². The van der Waals surface area contributed by atoms with Gasteiger partial charge in [-0.1, -0.05) is 38.8 Å². The Kier molecular flexibility index (Phi) is 4.54. The minimum atomic E-state index is -1.10. The third kappa shape index (κ3) is 2.44. The lowest BCUT2D eigenvalue weighted by Crippen LogP contribution is -2.89. The van der Waals surface area contributed by atoms with Crippen LogP contribution >= 0.6 is 31.9 Å². The van der Waals surface area contributed by atoms with Gasteiger partial charge in [-0.2, -0.15) is 0 Å². The molecule has 3 heterocycles. The molecule has 0 N–H and O–H groups in total. The molecule has 3 fully saturated rings. The number of halogens is 2. The fourth-order valence-corrected chi connectivity index (χ4v) is 5.42. The zero-order chi connectivity index (χ0) is 21.3. The molecule has 1 spiro atoms. The number of carbonyl (C=O) groups excluding carboxylic acids is 2. The first kappa shape index (κ1) is 20.0. The summed E-state index contributed by atoms with van der Waals surface area (Å²) in [6.07, 6.45) is 0.750. The molecule has 3 atom stereocenters. The summed E-state index contributed by atoms with van der Waals surface area (Å²) in [7, 11) is 0. The Morgan fingerprint density at radius 2 is 1.57 bits per heavy atom. The molecule has 30 heavy (non-hydrogen) atoms. The van der Waals surface area contributed by atoms with Gasteiger partial charge in [0.15, 0.2) is 0 Å². The Labute approximate surface area is 192 Å². The summed E-state index contributed by atoms with van der Waals surface area (Å²) in [5.41, 5.74) is 0.632. The number of carbonyl (C=O) groups is 2. The third-order valence-corrected chi connectivity index (χ3v) is 7.53. The summed E-state index contributed by atoms with van der Waals surface area (Å²) in [5.74, 6) is -1.14. The van der Waals surface area contributed by atoms with Crippen molar-refractivity contribution in [2.45, 2.75) is 32.2 Å². The van der Waals surface area contributed by atoms with E-state index in [1.54, 1.807) is 14.7 Å². The van der Waals surface area contributed by atoms with Gasteiger partial charge in [-0.3, -0.25) is 19.5 Å². The van der Waals surface area contributed by atoms with E-state index in [9.17, 15) is 9.59 Å². The highest BCUT2D eigenvalue weighted by molar-refractivity contribution is 9.10. The van der Waals surface area contributed by atoms with Crippen LogP contribution in [0, 0.1) is 5.41 Å². The lowest BCUT2D eigenvalue weighted by molar-refractivity contribution is -0.212. The van der Waals surface area contributed by atoms with Gasteiger partial charge in [0, 0.05) is 26.9 Å². The molecule has 0 saturated carbocycles. The van der Waals surface area contributed by atoms with E-state index in [-0.39, 0.29) is 24.5 Å². The van der Waals surface area contributed by atoms with E-state index in [2.05, 4.69) is 31.9 Å². The van der Waals surface area contributed by atoms with Crippen LogP contribution < -0.4 is 9.80 Å². The molecule has 0 bridgehead atoms. The Hall–Kier alpha value is -1.90. The molecule has 0 aliphatic carbocycles. The van der Waals surface area contributed by atoms with Crippen molar-refractivity contribution in [2.24, 2.45) is 5.41 Å². The van der Waals surface area contributed by atoms with Crippen molar-refractivity contribution in [1.29, 1.82) is 0 Å². The first-order chi connectivity index (χ1) is 14.3. The second-order valence-electron chi connectivity index (χ2n) is 8.15. The Balaban J connectivity index is 1.62. The number of amides is 3. The van der Waals surface area contributed by atoms with Crippen molar-refractivity contribution in [3.63, 3.8) is 0 Å². The van der Waals surface area contributed by atoms with Crippen LogP contribution in [0.25, 0.3) is 0 Å². The molecule has 5 rings (SSSR count).